The monoisotopic (exact) mass is 396 g/mol. The molecule has 0 amide bonds. The second-order valence-electron chi connectivity index (χ2n) is 6.72. The summed E-state index contributed by atoms with van der Waals surface area (Å²) in [5.41, 5.74) is 3.21. The van der Waals surface area contributed by atoms with E-state index in [-0.39, 0.29) is 5.92 Å². The summed E-state index contributed by atoms with van der Waals surface area (Å²) in [4.78, 5) is 0. The summed E-state index contributed by atoms with van der Waals surface area (Å²) in [6.45, 7) is 6.64. The van der Waals surface area contributed by atoms with Gasteiger partial charge in [0.1, 0.15) is 6.61 Å². The van der Waals surface area contributed by atoms with E-state index in [1.807, 2.05) is 44.2 Å². The molecule has 2 aromatic carbocycles. The molecule has 0 spiro atoms. The molecule has 1 N–H and O–H groups in total. The summed E-state index contributed by atoms with van der Waals surface area (Å²) in [5.74, 6) is 2.33. The zero-order chi connectivity index (χ0) is 20.1. The fraction of sp³-hybridized carbons (Fsp3) is 0.286. The van der Waals surface area contributed by atoms with E-state index in [1.165, 1.54) is 5.56 Å². The van der Waals surface area contributed by atoms with Gasteiger partial charge in [-0.25, -0.2) is 0 Å². The number of rotatable bonds is 7. The lowest BCUT2D eigenvalue weighted by Crippen LogP contribution is -2.02. The molecule has 3 rings (SSSR count). The Bertz CT molecular complexity index is 1040. The first-order valence-corrected chi connectivity index (χ1v) is 9.47. The minimum atomic E-state index is 0.205. The quantitative estimate of drug-likeness (QED) is 0.458. The first-order chi connectivity index (χ1) is 13.5. The summed E-state index contributed by atoms with van der Waals surface area (Å²) in [6.07, 6.45) is 1.73. The van der Waals surface area contributed by atoms with Gasteiger partial charge in [0.2, 0.25) is 4.77 Å². The van der Waals surface area contributed by atoms with Crippen molar-refractivity contribution in [3.05, 3.63) is 69.8 Å². The highest BCUT2D eigenvalue weighted by Gasteiger charge is 2.10. The smallest absolute Gasteiger partial charge is 0.216 e. The van der Waals surface area contributed by atoms with E-state index in [0.717, 1.165) is 17.0 Å². The third-order valence-electron chi connectivity index (χ3n) is 4.35. The highest BCUT2D eigenvalue weighted by atomic mass is 32.1. The van der Waals surface area contributed by atoms with Gasteiger partial charge in [-0.3, -0.25) is 5.10 Å². The first kappa shape index (κ1) is 19.8. The van der Waals surface area contributed by atoms with Gasteiger partial charge in [0, 0.05) is 5.92 Å². The van der Waals surface area contributed by atoms with Crippen LogP contribution in [0, 0.1) is 11.7 Å². The molecule has 1 aromatic heterocycles. The molecule has 0 fully saturated rings. The van der Waals surface area contributed by atoms with Crippen molar-refractivity contribution < 1.29 is 9.47 Å². The number of hydrogen-bond donors (Lipinski definition) is 1. The summed E-state index contributed by atoms with van der Waals surface area (Å²) in [6, 6.07) is 13.9. The van der Waals surface area contributed by atoms with Crippen LogP contribution in [-0.4, -0.2) is 28.2 Å². The van der Waals surface area contributed by atoms with Gasteiger partial charge < -0.3 is 9.47 Å². The highest BCUT2D eigenvalue weighted by molar-refractivity contribution is 7.71. The van der Waals surface area contributed by atoms with Crippen LogP contribution in [0.5, 0.6) is 11.5 Å². The van der Waals surface area contributed by atoms with E-state index in [2.05, 4.69) is 34.4 Å². The van der Waals surface area contributed by atoms with Crippen molar-refractivity contribution in [3.63, 3.8) is 0 Å². The van der Waals surface area contributed by atoms with Gasteiger partial charge in [-0.1, -0.05) is 38.1 Å². The van der Waals surface area contributed by atoms with Gasteiger partial charge >= 0.3 is 0 Å². The maximum Gasteiger partial charge on any atom is 0.216 e. The van der Waals surface area contributed by atoms with Crippen molar-refractivity contribution in [2.75, 3.05) is 7.11 Å². The normalized spacial score (nSPS) is 11.3. The molecule has 0 aliphatic rings. The number of aromatic nitrogens is 3. The van der Waals surface area contributed by atoms with Gasteiger partial charge in [-0.15, -0.1) is 0 Å². The number of benzene rings is 2. The third-order valence-corrected chi connectivity index (χ3v) is 4.61. The van der Waals surface area contributed by atoms with Crippen LogP contribution < -0.4 is 9.47 Å². The van der Waals surface area contributed by atoms with E-state index in [1.54, 1.807) is 18.0 Å². The second-order valence-corrected chi connectivity index (χ2v) is 7.11. The maximum absolute atomic E-state index is 5.96. The Morgan fingerprint density at radius 3 is 2.71 bits per heavy atom. The lowest BCUT2D eigenvalue weighted by atomic mass is 10.1. The van der Waals surface area contributed by atoms with Crippen LogP contribution in [0.1, 0.15) is 42.3 Å². The van der Waals surface area contributed by atoms with E-state index in [0.29, 0.717) is 22.9 Å². The topological polar surface area (TPSA) is 64.4 Å². The molecule has 0 unspecified atom stereocenters. The number of H-pyrrole nitrogens is 1. The summed E-state index contributed by atoms with van der Waals surface area (Å²) in [5, 5.41) is 11.5. The molecule has 0 aliphatic heterocycles. The number of methoxy groups -OCH3 is 1. The Hall–Kier alpha value is -2.93. The lowest BCUT2D eigenvalue weighted by molar-refractivity contribution is 0.284. The molecule has 0 saturated heterocycles. The molecule has 0 radical (unpaired) electrons. The number of aryl methyl sites for hydroxylation is 1. The molecule has 1 heterocycles. The fourth-order valence-electron chi connectivity index (χ4n) is 2.72. The van der Waals surface area contributed by atoms with Crippen molar-refractivity contribution in [2.24, 2.45) is 5.10 Å². The minimum absolute atomic E-state index is 0.205. The van der Waals surface area contributed by atoms with Crippen molar-refractivity contribution in [2.45, 2.75) is 33.3 Å². The number of ether oxygens (including phenoxy) is 2. The summed E-state index contributed by atoms with van der Waals surface area (Å²) in [7, 11) is 1.62. The standard InChI is InChI=1S/C21H24N4O2S/c1-14(2)20-23-24-21(28)25(20)22-12-16-9-10-18(19(11-16)26-4)27-13-17-8-6-5-7-15(17)3/h5-12,14H,13H2,1-4H3,(H,24,28)/b22-12-. The van der Waals surface area contributed by atoms with Crippen molar-refractivity contribution in [1.29, 1.82) is 0 Å². The molecule has 0 bridgehead atoms. The number of aromatic amines is 1. The number of hydrogen-bond acceptors (Lipinski definition) is 5. The SMILES string of the molecule is COc1cc(/C=N\n2c(C(C)C)n[nH]c2=S)ccc1OCc1ccccc1C. The molecule has 146 valence electrons. The predicted octanol–water partition coefficient (Wildman–Crippen LogP) is 4.84. The minimum Gasteiger partial charge on any atom is -0.493 e. The summed E-state index contributed by atoms with van der Waals surface area (Å²) < 4.78 is 13.6. The number of nitrogens with zero attached hydrogens (tertiary/aromatic N) is 3. The number of nitrogens with one attached hydrogen (secondary N) is 1. The van der Waals surface area contributed by atoms with Crippen molar-refractivity contribution >= 4 is 18.4 Å². The molecule has 0 aliphatic carbocycles. The molecule has 28 heavy (non-hydrogen) atoms. The molecular formula is C21H24N4O2S. The zero-order valence-electron chi connectivity index (χ0n) is 16.5. The van der Waals surface area contributed by atoms with Gasteiger partial charge in [0.05, 0.1) is 13.3 Å². The van der Waals surface area contributed by atoms with Gasteiger partial charge in [-0.05, 0) is 54.0 Å². The molecule has 6 nitrogen and oxygen atoms in total. The van der Waals surface area contributed by atoms with E-state index < -0.39 is 0 Å². The van der Waals surface area contributed by atoms with Crippen LogP contribution in [0.3, 0.4) is 0 Å². The summed E-state index contributed by atoms with van der Waals surface area (Å²) >= 11 is 5.25. The maximum atomic E-state index is 5.96. The highest BCUT2D eigenvalue weighted by Crippen LogP contribution is 2.28. The Kier molecular flexibility index (Phi) is 6.26. The Morgan fingerprint density at radius 2 is 2.00 bits per heavy atom. The predicted molar refractivity (Wildman–Crippen MR) is 113 cm³/mol. The molecule has 3 aromatic rings. The van der Waals surface area contributed by atoms with E-state index in [9.17, 15) is 0 Å². The lowest BCUT2D eigenvalue weighted by Gasteiger charge is -2.12. The van der Waals surface area contributed by atoms with Crippen LogP contribution >= 0.6 is 12.2 Å². The largest absolute Gasteiger partial charge is 0.493 e. The Balaban J connectivity index is 1.79. The molecule has 0 atom stereocenters. The van der Waals surface area contributed by atoms with E-state index in [4.69, 9.17) is 21.7 Å². The van der Waals surface area contributed by atoms with Crippen molar-refractivity contribution in [1.82, 2.24) is 14.9 Å². The van der Waals surface area contributed by atoms with Crippen LogP contribution in [0.4, 0.5) is 0 Å². The van der Waals surface area contributed by atoms with Gasteiger partial charge in [0.25, 0.3) is 0 Å². The zero-order valence-corrected chi connectivity index (χ0v) is 17.3. The second kappa shape index (κ2) is 8.84. The third kappa shape index (κ3) is 4.48. The van der Waals surface area contributed by atoms with Crippen LogP contribution in [0.25, 0.3) is 0 Å². The van der Waals surface area contributed by atoms with Crippen molar-refractivity contribution in [3.8, 4) is 11.5 Å². The van der Waals surface area contributed by atoms with E-state index >= 15 is 0 Å². The fourth-order valence-corrected chi connectivity index (χ4v) is 2.91. The van der Waals surface area contributed by atoms with Gasteiger partial charge in [0.15, 0.2) is 17.3 Å². The molecule has 7 heteroatoms. The van der Waals surface area contributed by atoms with Crippen LogP contribution in [0.15, 0.2) is 47.6 Å². The van der Waals surface area contributed by atoms with Crippen LogP contribution in [-0.2, 0) is 6.61 Å². The Morgan fingerprint density at radius 1 is 1.21 bits per heavy atom. The molecular weight excluding hydrogens is 372 g/mol. The average Bonchev–Trinajstić information content (AvgIpc) is 3.06. The Labute approximate surface area is 169 Å². The van der Waals surface area contributed by atoms with Crippen LogP contribution in [0.2, 0.25) is 0 Å². The first-order valence-electron chi connectivity index (χ1n) is 9.06. The molecule has 0 saturated carbocycles. The average molecular weight is 397 g/mol. The van der Waals surface area contributed by atoms with Gasteiger partial charge in [-0.2, -0.15) is 14.9 Å².